The second-order valence-corrected chi connectivity index (χ2v) is 12.7. The van der Waals surface area contributed by atoms with Crippen molar-refractivity contribution < 1.29 is 48.0 Å². The van der Waals surface area contributed by atoms with Gasteiger partial charge in [0.2, 0.25) is 5.78 Å². The number of hydrogen-bond acceptors (Lipinski definition) is 12. The first kappa shape index (κ1) is 33.1. The van der Waals surface area contributed by atoms with Crippen molar-refractivity contribution in [3.8, 4) is 0 Å². The number of hydrogen-bond donors (Lipinski definition) is 1. The fraction of sp³-hybridized carbons (Fsp3) is 0.677. The molecule has 6 atom stereocenters. The summed E-state index contributed by atoms with van der Waals surface area (Å²) in [6.07, 6.45) is 0.720. The minimum Gasteiger partial charge on any atom is -0.504 e. The first-order valence-electron chi connectivity index (χ1n) is 14.8. The van der Waals surface area contributed by atoms with Crippen molar-refractivity contribution in [3.63, 3.8) is 0 Å². The standard InChI is InChI=1S/C31H43NO10S/c1-7-32(8-2)14-18-24-27(21(15-39-6)41-30(18)37)26-20(40-17(3)33)13-31(4)19(25(26)29(36)28(24)35)9-10-22(31)42-23(34)16-43-12-11-38-5/h14,19-22,27,35H,7-13,15-16H2,1-6H3/b18-14+/t19-,20+,21+,22-,27?,31-/m0/s1. The Morgan fingerprint density at radius 2 is 1.84 bits per heavy atom. The van der Waals surface area contributed by atoms with Gasteiger partial charge < -0.3 is 33.7 Å². The quantitative estimate of drug-likeness (QED) is 0.148. The zero-order valence-electron chi connectivity index (χ0n) is 25.8. The molecule has 1 saturated carbocycles. The van der Waals surface area contributed by atoms with Crippen LogP contribution in [0.5, 0.6) is 0 Å². The summed E-state index contributed by atoms with van der Waals surface area (Å²) in [7, 11) is 3.08. The number of ketones is 1. The number of cyclic esters (lactones) is 1. The smallest absolute Gasteiger partial charge is 0.340 e. The van der Waals surface area contributed by atoms with Gasteiger partial charge >= 0.3 is 17.9 Å². The number of esters is 3. The molecule has 1 unspecified atom stereocenters. The van der Waals surface area contributed by atoms with Crippen molar-refractivity contribution in [1.29, 1.82) is 0 Å². The molecule has 1 saturated heterocycles. The molecular weight excluding hydrogens is 578 g/mol. The predicted molar refractivity (Wildman–Crippen MR) is 158 cm³/mol. The van der Waals surface area contributed by atoms with E-state index in [-0.39, 0.29) is 35.4 Å². The number of methoxy groups -OCH3 is 2. The van der Waals surface area contributed by atoms with Crippen molar-refractivity contribution in [2.75, 3.05) is 52.0 Å². The van der Waals surface area contributed by atoms with Gasteiger partial charge in [-0.1, -0.05) is 6.92 Å². The van der Waals surface area contributed by atoms with E-state index in [0.717, 1.165) is 0 Å². The molecular formula is C31H43NO10S. The van der Waals surface area contributed by atoms with E-state index >= 15 is 0 Å². The van der Waals surface area contributed by atoms with Crippen LogP contribution in [-0.2, 0) is 42.9 Å². The van der Waals surface area contributed by atoms with Crippen LogP contribution in [0, 0.1) is 17.3 Å². The average molecular weight is 622 g/mol. The molecule has 0 spiro atoms. The van der Waals surface area contributed by atoms with Crippen LogP contribution in [0.25, 0.3) is 0 Å². The maximum atomic E-state index is 14.2. The average Bonchev–Trinajstić information content (AvgIpc) is 3.27. The molecule has 238 valence electrons. The maximum Gasteiger partial charge on any atom is 0.340 e. The third-order valence-electron chi connectivity index (χ3n) is 9.07. The third kappa shape index (κ3) is 6.37. The number of Topliss-reactive ketones (excluding diaryl/α,β-unsaturated/α-hetero) is 1. The highest BCUT2D eigenvalue weighted by molar-refractivity contribution is 7.99. The normalized spacial score (nSPS) is 30.9. The van der Waals surface area contributed by atoms with Gasteiger partial charge in [-0.2, -0.15) is 0 Å². The summed E-state index contributed by atoms with van der Waals surface area (Å²) in [5, 5.41) is 11.6. The molecule has 4 rings (SSSR count). The topological polar surface area (TPSA) is 138 Å². The van der Waals surface area contributed by atoms with Gasteiger partial charge in [0, 0.05) is 62.7 Å². The Morgan fingerprint density at radius 3 is 2.47 bits per heavy atom. The fourth-order valence-electron chi connectivity index (χ4n) is 7.10. The van der Waals surface area contributed by atoms with Crippen LogP contribution in [0.3, 0.4) is 0 Å². The highest BCUT2D eigenvalue weighted by Gasteiger charge is 2.61. The zero-order valence-corrected chi connectivity index (χ0v) is 26.6. The molecule has 0 radical (unpaired) electrons. The van der Waals surface area contributed by atoms with Gasteiger partial charge in [-0.3, -0.25) is 14.4 Å². The number of ether oxygens (including phenoxy) is 5. The summed E-state index contributed by atoms with van der Waals surface area (Å²) in [5.41, 5.74) is 0.403. The summed E-state index contributed by atoms with van der Waals surface area (Å²) in [4.78, 5) is 54.5. The summed E-state index contributed by atoms with van der Waals surface area (Å²) in [6, 6.07) is 0. The molecule has 0 aromatic carbocycles. The van der Waals surface area contributed by atoms with E-state index in [0.29, 0.717) is 55.9 Å². The predicted octanol–water partition coefficient (Wildman–Crippen LogP) is 3.13. The molecule has 0 aromatic heterocycles. The molecule has 0 amide bonds. The summed E-state index contributed by atoms with van der Waals surface area (Å²) >= 11 is 1.42. The van der Waals surface area contributed by atoms with Crippen LogP contribution in [0.1, 0.15) is 47.0 Å². The first-order valence-corrected chi connectivity index (χ1v) is 16.0. The lowest BCUT2D eigenvalue weighted by atomic mass is 9.58. The molecule has 43 heavy (non-hydrogen) atoms. The van der Waals surface area contributed by atoms with Crippen LogP contribution in [0.2, 0.25) is 0 Å². The second kappa shape index (κ2) is 13.9. The molecule has 11 nitrogen and oxygen atoms in total. The van der Waals surface area contributed by atoms with Crippen molar-refractivity contribution in [1.82, 2.24) is 4.90 Å². The van der Waals surface area contributed by atoms with Gasteiger partial charge in [0.15, 0.2) is 5.76 Å². The molecule has 1 N–H and O–H groups in total. The molecule has 0 bridgehead atoms. The van der Waals surface area contributed by atoms with Gasteiger partial charge in [0.1, 0.15) is 18.3 Å². The van der Waals surface area contributed by atoms with Gasteiger partial charge in [0.05, 0.1) is 30.5 Å². The van der Waals surface area contributed by atoms with E-state index < -0.39 is 53.1 Å². The lowest BCUT2D eigenvalue weighted by Gasteiger charge is -2.49. The highest BCUT2D eigenvalue weighted by Crippen LogP contribution is 2.60. The molecule has 1 aliphatic heterocycles. The van der Waals surface area contributed by atoms with Crippen molar-refractivity contribution >= 4 is 35.5 Å². The molecule has 3 aliphatic carbocycles. The minimum atomic E-state index is -0.868. The zero-order chi connectivity index (χ0) is 31.5. The van der Waals surface area contributed by atoms with Crippen molar-refractivity contribution in [3.05, 3.63) is 34.3 Å². The summed E-state index contributed by atoms with van der Waals surface area (Å²) < 4.78 is 28.2. The van der Waals surface area contributed by atoms with Gasteiger partial charge in [-0.15, -0.1) is 11.8 Å². The summed E-state index contributed by atoms with van der Waals surface area (Å²) in [6.45, 7) is 8.83. The number of carbonyl (C=O) groups excluding carboxylic acids is 4. The van der Waals surface area contributed by atoms with Crippen LogP contribution in [0.4, 0.5) is 0 Å². The van der Waals surface area contributed by atoms with Crippen LogP contribution >= 0.6 is 11.8 Å². The first-order chi connectivity index (χ1) is 20.5. The van der Waals surface area contributed by atoms with Gasteiger partial charge in [-0.25, -0.2) is 4.79 Å². The Morgan fingerprint density at radius 1 is 1.12 bits per heavy atom. The van der Waals surface area contributed by atoms with Gasteiger partial charge in [-0.05, 0) is 44.6 Å². The SMILES string of the molecule is CCN(/C=C1/C(=O)O[C@H](COC)C2C1=C(O)C(=O)C1=C2[C@H](OC(C)=O)C[C@]2(C)[C@@H](OC(=O)CSCCOC)CC[C@@H]12)CC. The fourth-order valence-corrected chi connectivity index (χ4v) is 7.76. The molecule has 0 aromatic rings. The number of carbonyl (C=O) groups is 4. The third-order valence-corrected chi connectivity index (χ3v) is 9.97. The Hall–Kier alpha value is -2.83. The lowest BCUT2D eigenvalue weighted by Crippen LogP contribution is -2.52. The van der Waals surface area contributed by atoms with E-state index in [1.165, 1.54) is 25.8 Å². The van der Waals surface area contributed by atoms with Crippen LogP contribution in [-0.4, -0.2) is 104 Å². The number of nitrogens with zero attached hydrogens (tertiary/aromatic N) is 1. The Bertz CT molecular complexity index is 1220. The van der Waals surface area contributed by atoms with E-state index in [1.54, 1.807) is 13.3 Å². The van der Waals surface area contributed by atoms with E-state index in [1.807, 2.05) is 25.7 Å². The van der Waals surface area contributed by atoms with Crippen molar-refractivity contribution in [2.45, 2.75) is 65.3 Å². The van der Waals surface area contributed by atoms with Gasteiger partial charge in [0.25, 0.3) is 0 Å². The number of fused-ring (bicyclic) bond motifs is 4. The maximum absolute atomic E-state index is 14.2. The molecule has 4 aliphatic rings. The largest absolute Gasteiger partial charge is 0.504 e. The van der Waals surface area contributed by atoms with Crippen molar-refractivity contribution in [2.24, 2.45) is 17.3 Å². The van der Waals surface area contributed by atoms with Crippen LogP contribution < -0.4 is 0 Å². The number of allylic oxidation sites excluding steroid dienone is 1. The number of aliphatic hydroxyl groups excluding tert-OH is 1. The highest BCUT2D eigenvalue weighted by atomic mass is 32.2. The van der Waals surface area contributed by atoms with E-state index in [9.17, 15) is 24.3 Å². The number of rotatable bonds is 12. The van der Waals surface area contributed by atoms with E-state index in [2.05, 4.69) is 0 Å². The molecule has 1 heterocycles. The van der Waals surface area contributed by atoms with Crippen LogP contribution in [0.15, 0.2) is 34.3 Å². The Kier molecular flexibility index (Phi) is 10.7. The molecule has 12 heteroatoms. The van der Waals surface area contributed by atoms with E-state index in [4.69, 9.17) is 23.7 Å². The monoisotopic (exact) mass is 621 g/mol. The molecule has 2 fully saturated rings. The Balaban J connectivity index is 1.79. The number of aliphatic hydroxyl groups is 1. The second-order valence-electron chi connectivity index (χ2n) is 11.6. The summed E-state index contributed by atoms with van der Waals surface area (Å²) in [5.74, 6) is -2.99. The lowest BCUT2D eigenvalue weighted by molar-refractivity contribution is -0.159. The minimum absolute atomic E-state index is 0.00636. The Labute approximate surface area is 256 Å². The number of thioether (sulfide) groups is 1.